The van der Waals surface area contributed by atoms with Gasteiger partial charge in [-0.3, -0.25) is 0 Å². The highest BCUT2D eigenvalue weighted by Gasteiger charge is 2.22. The van der Waals surface area contributed by atoms with E-state index in [0.717, 1.165) is 45.4 Å². The number of aliphatic hydroxyl groups is 1. The quantitative estimate of drug-likeness (QED) is 0.0518. The molecule has 1 N–H and O–H groups in total. The van der Waals surface area contributed by atoms with Gasteiger partial charge in [-0.05, 0) is 97.7 Å². The summed E-state index contributed by atoms with van der Waals surface area (Å²) in [5, 5.41) is 10.2. The average molecular weight is 678 g/mol. The van der Waals surface area contributed by atoms with Crippen LogP contribution in [0.5, 0.6) is 0 Å². The van der Waals surface area contributed by atoms with E-state index in [2.05, 4.69) is 57.1 Å². The molecule has 0 saturated carbocycles. The number of aliphatic hydroxyl groups excluding tert-OH is 1. The molecule has 0 radical (unpaired) electrons. The first-order valence-electron chi connectivity index (χ1n) is 21.4. The highest BCUT2D eigenvalue weighted by Crippen LogP contribution is 2.16. The number of allylic oxidation sites excluding steroid dienone is 4. The summed E-state index contributed by atoms with van der Waals surface area (Å²) >= 11 is 0. The molecule has 286 valence electrons. The van der Waals surface area contributed by atoms with Gasteiger partial charge in [0.25, 0.3) is 0 Å². The maximum Gasteiger partial charge on any atom is 0.107 e. The molecule has 0 aromatic rings. The molecule has 0 rings (SSSR count). The highest BCUT2D eigenvalue weighted by molar-refractivity contribution is 4.82. The minimum atomic E-state index is -0.204. The van der Waals surface area contributed by atoms with Crippen LogP contribution < -0.4 is 0 Å². The van der Waals surface area contributed by atoms with Gasteiger partial charge in [0.15, 0.2) is 0 Å². The van der Waals surface area contributed by atoms with E-state index in [-0.39, 0.29) is 18.8 Å². The SMILES string of the molecule is CCCCCCCCC=CCCCCCCCCOC(CO)C(CCCN(C)C)OCCCCCCCCC=CCCCCCCCC. The fourth-order valence-corrected chi connectivity index (χ4v) is 6.43. The van der Waals surface area contributed by atoms with Crippen molar-refractivity contribution in [2.45, 2.75) is 219 Å². The van der Waals surface area contributed by atoms with Crippen molar-refractivity contribution < 1.29 is 14.6 Å². The molecule has 0 bridgehead atoms. The van der Waals surface area contributed by atoms with Crippen LogP contribution in [0.25, 0.3) is 0 Å². The summed E-state index contributed by atoms with van der Waals surface area (Å²) in [6.07, 6.45) is 48.3. The Bertz CT molecular complexity index is 649. The van der Waals surface area contributed by atoms with Gasteiger partial charge >= 0.3 is 0 Å². The fraction of sp³-hybridized carbons (Fsp3) is 0.909. The van der Waals surface area contributed by atoms with Crippen molar-refractivity contribution in [3.05, 3.63) is 24.3 Å². The van der Waals surface area contributed by atoms with Gasteiger partial charge in [0.2, 0.25) is 0 Å². The minimum absolute atomic E-state index is 0.00723. The number of hydrogen-bond donors (Lipinski definition) is 1. The Morgan fingerprint density at radius 1 is 0.438 bits per heavy atom. The lowest BCUT2D eigenvalue weighted by atomic mass is 10.1. The van der Waals surface area contributed by atoms with Crippen molar-refractivity contribution in [2.75, 3.05) is 40.5 Å². The van der Waals surface area contributed by atoms with Gasteiger partial charge in [-0.1, -0.05) is 154 Å². The largest absolute Gasteiger partial charge is 0.394 e. The lowest BCUT2D eigenvalue weighted by Crippen LogP contribution is -2.36. The van der Waals surface area contributed by atoms with Gasteiger partial charge in [-0.15, -0.1) is 0 Å². The van der Waals surface area contributed by atoms with Crippen molar-refractivity contribution in [3.8, 4) is 0 Å². The first-order chi connectivity index (χ1) is 23.7. The van der Waals surface area contributed by atoms with E-state index in [1.54, 1.807) is 0 Å². The first-order valence-corrected chi connectivity index (χ1v) is 21.4. The zero-order chi connectivity index (χ0) is 35.0. The van der Waals surface area contributed by atoms with Gasteiger partial charge in [0.1, 0.15) is 6.10 Å². The predicted octanol–water partition coefficient (Wildman–Crippen LogP) is 13.2. The molecule has 0 aliphatic carbocycles. The summed E-state index contributed by atoms with van der Waals surface area (Å²) in [4.78, 5) is 2.23. The number of nitrogens with zero attached hydrogens (tertiary/aromatic N) is 1. The molecular weight excluding hydrogens is 590 g/mol. The topological polar surface area (TPSA) is 41.9 Å². The highest BCUT2D eigenvalue weighted by atomic mass is 16.5. The average Bonchev–Trinajstić information content (AvgIpc) is 3.08. The molecule has 0 aromatic carbocycles. The maximum absolute atomic E-state index is 10.2. The van der Waals surface area contributed by atoms with Crippen LogP contribution in [0.15, 0.2) is 24.3 Å². The molecule has 2 unspecified atom stereocenters. The molecule has 0 aliphatic rings. The van der Waals surface area contributed by atoms with E-state index in [9.17, 15) is 5.11 Å². The summed E-state index contributed by atoms with van der Waals surface area (Å²) < 4.78 is 12.6. The molecule has 0 fully saturated rings. The summed E-state index contributed by atoms with van der Waals surface area (Å²) in [6.45, 7) is 7.17. The van der Waals surface area contributed by atoms with E-state index >= 15 is 0 Å². The first kappa shape index (κ1) is 47.3. The maximum atomic E-state index is 10.2. The van der Waals surface area contributed by atoms with Crippen LogP contribution in [0.4, 0.5) is 0 Å². The van der Waals surface area contributed by atoms with Crippen LogP contribution >= 0.6 is 0 Å². The zero-order valence-electron chi connectivity index (χ0n) is 33.2. The molecular formula is C44H87NO3. The van der Waals surface area contributed by atoms with Crippen molar-refractivity contribution in [1.29, 1.82) is 0 Å². The predicted molar refractivity (Wildman–Crippen MR) is 213 cm³/mol. The smallest absolute Gasteiger partial charge is 0.107 e. The summed E-state index contributed by atoms with van der Waals surface area (Å²) in [5.41, 5.74) is 0. The second kappa shape index (κ2) is 40.7. The Morgan fingerprint density at radius 2 is 0.771 bits per heavy atom. The molecule has 0 aliphatic heterocycles. The van der Waals surface area contributed by atoms with E-state index < -0.39 is 0 Å². The zero-order valence-corrected chi connectivity index (χ0v) is 33.2. The van der Waals surface area contributed by atoms with Gasteiger partial charge in [0, 0.05) is 13.2 Å². The van der Waals surface area contributed by atoms with E-state index in [1.807, 2.05) is 0 Å². The van der Waals surface area contributed by atoms with Crippen LogP contribution in [-0.2, 0) is 9.47 Å². The van der Waals surface area contributed by atoms with Gasteiger partial charge in [0.05, 0.1) is 12.7 Å². The monoisotopic (exact) mass is 678 g/mol. The second-order valence-electron chi connectivity index (χ2n) is 14.8. The van der Waals surface area contributed by atoms with Crippen LogP contribution in [0.3, 0.4) is 0 Å². The number of ether oxygens (including phenoxy) is 2. The molecule has 0 heterocycles. The lowest BCUT2D eigenvalue weighted by molar-refractivity contribution is -0.0972. The summed E-state index contributed by atoms with van der Waals surface area (Å²) in [5.74, 6) is 0. The molecule has 0 amide bonds. The Hall–Kier alpha value is -0.680. The standard InChI is InChI=1S/C44H87NO3/c1-5-7-9-11-13-15-17-19-21-23-25-27-29-31-33-35-40-47-43(38-37-39-45(3)4)44(42-46)48-41-36-34-32-30-28-26-24-22-20-18-16-14-12-10-8-6-2/h19-22,43-44,46H,5-18,23-42H2,1-4H3. The van der Waals surface area contributed by atoms with Crippen LogP contribution in [-0.4, -0.2) is 62.7 Å². The van der Waals surface area contributed by atoms with E-state index in [4.69, 9.17) is 9.47 Å². The normalized spacial score (nSPS) is 13.5. The number of rotatable bonds is 40. The summed E-state index contributed by atoms with van der Waals surface area (Å²) in [6, 6.07) is 0. The van der Waals surface area contributed by atoms with Crippen LogP contribution in [0.2, 0.25) is 0 Å². The van der Waals surface area contributed by atoms with Crippen molar-refractivity contribution in [1.82, 2.24) is 4.90 Å². The van der Waals surface area contributed by atoms with Crippen LogP contribution in [0.1, 0.15) is 206 Å². The Morgan fingerprint density at radius 3 is 1.12 bits per heavy atom. The Labute approximate surface area is 302 Å². The molecule has 2 atom stereocenters. The third-order valence-corrected chi connectivity index (χ3v) is 9.66. The van der Waals surface area contributed by atoms with Gasteiger partial charge < -0.3 is 19.5 Å². The number of hydrogen-bond acceptors (Lipinski definition) is 4. The molecule has 48 heavy (non-hydrogen) atoms. The minimum Gasteiger partial charge on any atom is -0.394 e. The Balaban J connectivity index is 3.92. The molecule has 0 saturated heterocycles. The molecule has 0 spiro atoms. The molecule has 0 aromatic heterocycles. The lowest BCUT2D eigenvalue weighted by Gasteiger charge is -2.27. The van der Waals surface area contributed by atoms with Crippen molar-refractivity contribution in [2.24, 2.45) is 0 Å². The Kier molecular flexibility index (Phi) is 40.2. The molecule has 4 heteroatoms. The molecule has 4 nitrogen and oxygen atoms in total. The fourth-order valence-electron chi connectivity index (χ4n) is 6.43. The van der Waals surface area contributed by atoms with E-state index in [1.165, 1.54) is 167 Å². The van der Waals surface area contributed by atoms with Gasteiger partial charge in [-0.2, -0.15) is 0 Å². The second-order valence-corrected chi connectivity index (χ2v) is 14.8. The third kappa shape index (κ3) is 36.6. The summed E-state index contributed by atoms with van der Waals surface area (Å²) in [7, 11) is 4.24. The van der Waals surface area contributed by atoms with Crippen molar-refractivity contribution in [3.63, 3.8) is 0 Å². The van der Waals surface area contributed by atoms with Crippen molar-refractivity contribution >= 4 is 0 Å². The van der Waals surface area contributed by atoms with E-state index in [0.29, 0.717) is 0 Å². The van der Waals surface area contributed by atoms with Gasteiger partial charge in [-0.25, -0.2) is 0 Å². The third-order valence-electron chi connectivity index (χ3n) is 9.66. The number of unbranched alkanes of at least 4 members (excludes halogenated alkanes) is 24. The van der Waals surface area contributed by atoms with Crippen LogP contribution in [0, 0.1) is 0 Å².